The summed E-state index contributed by atoms with van der Waals surface area (Å²) in [5.41, 5.74) is 0.532. The molecule has 7 heteroatoms. The Morgan fingerprint density at radius 2 is 2.41 bits per heavy atom. The summed E-state index contributed by atoms with van der Waals surface area (Å²) in [6.45, 7) is 2.21. The number of aromatic nitrogens is 3. The van der Waals surface area contributed by atoms with E-state index in [1.165, 1.54) is 0 Å². The second kappa shape index (κ2) is 4.54. The first-order valence-electron chi connectivity index (χ1n) is 4.98. The first kappa shape index (κ1) is 11.6. The van der Waals surface area contributed by atoms with E-state index in [0.29, 0.717) is 17.4 Å². The summed E-state index contributed by atoms with van der Waals surface area (Å²) in [6.07, 6.45) is 3.57. The molecule has 0 radical (unpaired) electrons. The van der Waals surface area contributed by atoms with E-state index >= 15 is 0 Å². The summed E-state index contributed by atoms with van der Waals surface area (Å²) in [5, 5.41) is 12.6. The SMILES string of the molecule is Cc1nc(NCc2nccn2C)sc1C(=O)O. The van der Waals surface area contributed by atoms with Gasteiger partial charge in [0.25, 0.3) is 0 Å². The molecule has 2 rings (SSSR count). The normalized spacial score (nSPS) is 10.5. The smallest absolute Gasteiger partial charge is 0.347 e. The summed E-state index contributed by atoms with van der Waals surface area (Å²) >= 11 is 1.14. The highest BCUT2D eigenvalue weighted by molar-refractivity contribution is 7.17. The van der Waals surface area contributed by atoms with Crippen molar-refractivity contribution in [3.05, 3.63) is 28.8 Å². The average molecular weight is 252 g/mol. The van der Waals surface area contributed by atoms with Crippen molar-refractivity contribution in [2.24, 2.45) is 7.05 Å². The Hall–Kier alpha value is -1.89. The molecule has 2 aromatic rings. The van der Waals surface area contributed by atoms with Crippen molar-refractivity contribution in [1.82, 2.24) is 14.5 Å². The molecular weight excluding hydrogens is 240 g/mol. The molecule has 0 aliphatic rings. The number of aryl methyl sites for hydroxylation is 2. The van der Waals surface area contributed by atoms with Gasteiger partial charge in [-0.2, -0.15) is 0 Å². The third-order valence-corrected chi connectivity index (χ3v) is 3.41. The van der Waals surface area contributed by atoms with Gasteiger partial charge in [-0.25, -0.2) is 14.8 Å². The highest BCUT2D eigenvalue weighted by Gasteiger charge is 2.13. The van der Waals surface area contributed by atoms with E-state index in [1.807, 2.05) is 17.8 Å². The average Bonchev–Trinajstić information content (AvgIpc) is 2.82. The van der Waals surface area contributed by atoms with Crippen molar-refractivity contribution in [1.29, 1.82) is 0 Å². The Bertz CT molecular complexity index is 546. The first-order chi connectivity index (χ1) is 8.08. The quantitative estimate of drug-likeness (QED) is 0.861. The molecule has 0 spiro atoms. The number of hydrogen-bond acceptors (Lipinski definition) is 5. The molecule has 0 saturated heterocycles. The summed E-state index contributed by atoms with van der Waals surface area (Å²) in [5.74, 6) is -0.0697. The van der Waals surface area contributed by atoms with Crippen molar-refractivity contribution < 1.29 is 9.90 Å². The van der Waals surface area contributed by atoms with E-state index in [0.717, 1.165) is 17.2 Å². The van der Waals surface area contributed by atoms with Crippen LogP contribution in [0.4, 0.5) is 5.13 Å². The van der Waals surface area contributed by atoms with E-state index in [-0.39, 0.29) is 4.88 Å². The predicted octanol–water partition coefficient (Wildman–Crippen LogP) is 1.50. The summed E-state index contributed by atoms with van der Waals surface area (Å²) in [6, 6.07) is 0. The van der Waals surface area contributed by atoms with Crippen LogP contribution in [-0.4, -0.2) is 25.6 Å². The number of anilines is 1. The Morgan fingerprint density at radius 1 is 1.65 bits per heavy atom. The fourth-order valence-corrected chi connectivity index (χ4v) is 2.19. The zero-order valence-corrected chi connectivity index (χ0v) is 10.3. The molecule has 2 aromatic heterocycles. The van der Waals surface area contributed by atoms with Crippen LogP contribution in [0, 0.1) is 6.92 Å². The lowest BCUT2D eigenvalue weighted by molar-refractivity contribution is 0.0701. The number of nitrogens with one attached hydrogen (secondary N) is 1. The lowest BCUT2D eigenvalue weighted by atomic mass is 10.4. The van der Waals surface area contributed by atoms with Gasteiger partial charge in [0.2, 0.25) is 0 Å². The third-order valence-electron chi connectivity index (χ3n) is 2.31. The number of nitrogens with zero attached hydrogens (tertiary/aromatic N) is 3. The van der Waals surface area contributed by atoms with Crippen LogP contribution in [0.3, 0.4) is 0 Å². The number of carboxylic acid groups (broad SMARTS) is 1. The van der Waals surface area contributed by atoms with Crippen molar-refractivity contribution >= 4 is 22.4 Å². The Morgan fingerprint density at radius 3 is 2.94 bits per heavy atom. The van der Waals surface area contributed by atoms with Gasteiger partial charge in [-0.3, -0.25) is 0 Å². The Balaban J connectivity index is 2.07. The van der Waals surface area contributed by atoms with E-state index in [2.05, 4.69) is 15.3 Å². The fraction of sp³-hybridized carbons (Fsp3) is 0.300. The molecule has 0 bridgehead atoms. The Kier molecular flexibility index (Phi) is 3.10. The van der Waals surface area contributed by atoms with Crippen LogP contribution >= 0.6 is 11.3 Å². The standard InChI is InChI=1S/C10H12N4O2S/c1-6-8(9(15)16)17-10(13-6)12-5-7-11-3-4-14(7)2/h3-4H,5H2,1-2H3,(H,12,13)(H,15,16). The van der Waals surface area contributed by atoms with Crippen molar-refractivity contribution in [2.45, 2.75) is 13.5 Å². The molecule has 0 atom stereocenters. The molecule has 0 aliphatic heterocycles. The molecule has 0 fully saturated rings. The van der Waals surface area contributed by atoms with E-state index in [1.54, 1.807) is 13.1 Å². The number of hydrogen-bond donors (Lipinski definition) is 2. The number of carbonyl (C=O) groups is 1. The molecule has 90 valence electrons. The molecule has 6 nitrogen and oxygen atoms in total. The van der Waals surface area contributed by atoms with Crippen LogP contribution in [0.25, 0.3) is 0 Å². The van der Waals surface area contributed by atoms with Gasteiger partial charge in [-0.15, -0.1) is 0 Å². The minimum Gasteiger partial charge on any atom is -0.477 e. The zero-order chi connectivity index (χ0) is 12.4. The minimum atomic E-state index is -0.940. The number of rotatable bonds is 4. The number of carboxylic acids is 1. The molecule has 0 aliphatic carbocycles. The topological polar surface area (TPSA) is 80.0 Å². The van der Waals surface area contributed by atoms with Gasteiger partial charge in [0.1, 0.15) is 10.7 Å². The van der Waals surface area contributed by atoms with Crippen molar-refractivity contribution in [3.63, 3.8) is 0 Å². The summed E-state index contributed by atoms with van der Waals surface area (Å²) in [7, 11) is 1.90. The van der Waals surface area contributed by atoms with Crippen LogP contribution < -0.4 is 5.32 Å². The second-order valence-corrected chi connectivity index (χ2v) is 4.55. The maximum Gasteiger partial charge on any atom is 0.347 e. The van der Waals surface area contributed by atoms with Gasteiger partial charge in [0.15, 0.2) is 5.13 Å². The van der Waals surface area contributed by atoms with E-state index in [4.69, 9.17) is 5.11 Å². The van der Waals surface area contributed by atoms with Crippen LogP contribution in [0.1, 0.15) is 21.2 Å². The van der Waals surface area contributed by atoms with E-state index in [9.17, 15) is 4.79 Å². The highest BCUT2D eigenvalue weighted by atomic mass is 32.1. The molecule has 0 unspecified atom stereocenters. The fourth-order valence-electron chi connectivity index (χ4n) is 1.39. The monoisotopic (exact) mass is 252 g/mol. The van der Waals surface area contributed by atoms with Crippen LogP contribution in [0.15, 0.2) is 12.4 Å². The van der Waals surface area contributed by atoms with E-state index < -0.39 is 5.97 Å². The highest BCUT2D eigenvalue weighted by Crippen LogP contribution is 2.22. The lowest BCUT2D eigenvalue weighted by Gasteiger charge is -2.02. The van der Waals surface area contributed by atoms with Gasteiger partial charge >= 0.3 is 5.97 Å². The van der Waals surface area contributed by atoms with Crippen molar-refractivity contribution in [2.75, 3.05) is 5.32 Å². The zero-order valence-electron chi connectivity index (χ0n) is 9.47. The number of thiazole rings is 1. The largest absolute Gasteiger partial charge is 0.477 e. The Labute approximate surface area is 102 Å². The molecule has 2 heterocycles. The molecule has 0 amide bonds. The van der Waals surface area contributed by atoms with Crippen LogP contribution in [0.2, 0.25) is 0 Å². The van der Waals surface area contributed by atoms with Gasteiger partial charge in [0, 0.05) is 19.4 Å². The van der Waals surface area contributed by atoms with Gasteiger partial charge < -0.3 is 15.0 Å². The third kappa shape index (κ3) is 2.44. The molecule has 0 aromatic carbocycles. The second-order valence-electron chi connectivity index (χ2n) is 3.55. The molecule has 2 N–H and O–H groups in total. The number of imidazole rings is 1. The maximum absolute atomic E-state index is 10.8. The van der Waals surface area contributed by atoms with Crippen molar-refractivity contribution in [3.8, 4) is 0 Å². The van der Waals surface area contributed by atoms with Crippen LogP contribution in [0.5, 0.6) is 0 Å². The molecular formula is C10H12N4O2S. The van der Waals surface area contributed by atoms with Gasteiger partial charge in [-0.05, 0) is 6.92 Å². The summed E-state index contributed by atoms with van der Waals surface area (Å²) in [4.78, 5) is 19.4. The van der Waals surface area contributed by atoms with Crippen LogP contribution in [-0.2, 0) is 13.6 Å². The van der Waals surface area contributed by atoms with Gasteiger partial charge in [-0.1, -0.05) is 11.3 Å². The van der Waals surface area contributed by atoms with Gasteiger partial charge in [0.05, 0.1) is 12.2 Å². The molecule has 17 heavy (non-hydrogen) atoms. The minimum absolute atomic E-state index is 0.271. The first-order valence-corrected chi connectivity index (χ1v) is 5.80. The predicted molar refractivity (Wildman–Crippen MR) is 64.3 cm³/mol. The maximum atomic E-state index is 10.8. The lowest BCUT2D eigenvalue weighted by Crippen LogP contribution is -2.05. The summed E-state index contributed by atoms with van der Waals surface area (Å²) < 4.78 is 1.89. The molecule has 0 saturated carbocycles. The number of aromatic carboxylic acids is 1.